The van der Waals surface area contributed by atoms with Gasteiger partial charge < -0.3 is 9.42 Å². The highest BCUT2D eigenvalue weighted by Gasteiger charge is 2.50. The lowest BCUT2D eigenvalue weighted by molar-refractivity contribution is -0.868. The Morgan fingerprint density at radius 1 is 1.10 bits per heavy atom. The van der Waals surface area contributed by atoms with Crippen LogP contribution in [0.3, 0.4) is 0 Å². The first-order valence-corrected chi connectivity index (χ1v) is 13.5. The van der Waals surface area contributed by atoms with E-state index in [1.54, 1.807) is 4.90 Å². The largest absolute Gasteiger partial charge is 0.324 e. The van der Waals surface area contributed by atoms with E-state index in [-0.39, 0.29) is 11.0 Å². The molecule has 2 aliphatic heterocycles. The lowest BCUT2D eigenvalue weighted by atomic mass is 9.82. The lowest BCUT2D eigenvalue weighted by Gasteiger charge is -2.37. The quantitative estimate of drug-likeness (QED) is 0.676. The Hall–Kier alpha value is -1.13. The zero-order valence-electron chi connectivity index (χ0n) is 18.4. The highest BCUT2D eigenvalue weighted by atomic mass is 32.4. The summed E-state index contributed by atoms with van der Waals surface area (Å²) in [5, 5.41) is 1.28. The smallest absolute Gasteiger partial charge is 0.212 e. The predicted octanol–water partition coefficient (Wildman–Crippen LogP) is 4.73. The first kappa shape index (κ1) is 21.1. The molecule has 2 fully saturated rings. The van der Waals surface area contributed by atoms with Gasteiger partial charge in [0.15, 0.2) is 0 Å². The molecule has 29 heavy (non-hydrogen) atoms. The van der Waals surface area contributed by atoms with Gasteiger partial charge in [-0.15, -0.1) is 0 Å². The maximum Gasteiger partial charge on any atom is 0.212 e. The van der Waals surface area contributed by atoms with Gasteiger partial charge >= 0.3 is 0 Å². The van der Waals surface area contributed by atoms with Crippen LogP contribution < -0.4 is 15.1 Å². The molecular formula is C23H35N3OPS+. The minimum atomic E-state index is -2.49. The van der Waals surface area contributed by atoms with E-state index in [0.29, 0.717) is 0 Å². The van der Waals surface area contributed by atoms with E-state index in [0.717, 1.165) is 12.1 Å². The maximum absolute atomic E-state index is 6.79. The first-order chi connectivity index (χ1) is 13.6. The van der Waals surface area contributed by atoms with Gasteiger partial charge in [-0.2, -0.15) is 0 Å². The van der Waals surface area contributed by atoms with Crippen molar-refractivity contribution >= 4 is 23.9 Å². The molecule has 3 aliphatic rings. The summed E-state index contributed by atoms with van der Waals surface area (Å²) in [6.07, 6.45) is 4.88. The van der Waals surface area contributed by atoms with Crippen molar-refractivity contribution < 1.29 is 9.42 Å². The molecule has 0 radical (unpaired) electrons. The minimum absolute atomic E-state index is 0.111. The third-order valence-corrected chi connectivity index (χ3v) is 9.75. The molecule has 2 saturated heterocycles. The van der Waals surface area contributed by atoms with E-state index in [9.17, 15) is 0 Å². The molecule has 4 nitrogen and oxygen atoms in total. The number of nitrogens with zero attached hydrogens (tertiary/aromatic N) is 1. The molecule has 0 amide bonds. The number of quaternary nitrogens is 1. The normalized spacial score (nSPS) is 27.5. The van der Waals surface area contributed by atoms with Crippen LogP contribution in [0.2, 0.25) is 0 Å². The molecular weight excluding hydrogens is 397 g/mol. The fourth-order valence-electron chi connectivity index (χ4n) is 4.72. The first-order valence-electron chi connectivity index (χ1n) is 10.8. The number of hydrogen-bond donors (Lipinski definition) is 2. The molecule has 4 rings (SSSR count). The third-order valence-electron chi connectivity index (χ3n) is 5.76. The fraction of sp³-hybridized carbons (Fsp3) is 0.565. The summed E-state index contributed by atoms with van der Waals surface area (Å²) in [7, 11) is 0. The van der Waals surface area contributed by atoms with Crippen LogP contribution in [-0.2, 0) is 16.3 Å². The van der Waals surface area contributed by atoms with E-state index in [1.165, 1.54) is 49.1 Å². The Morgan fingerprint density at radius 2 is 1.76 bits per heavy atom. The number of likely N-dealkylation sites (tertiary alicyclic amines) is 1. The number of benzene rings is 1. The molecule has 6 heteroatoms. The Bertz CT molecular complexity index is 879. The molecule has 2 N–H and O–H groups in total. The maximum atomic E-state index is 6.79. The molecule has 0 saturated carbocycles. The predicted molar refractivity (Wildman–Crippen MR) is 125 cm³/mol. The van der Waals surface area contributed by atoms with Crippen LogP contribution in [0.15, 0.2) is 53.1 Å². The number of nitrogens with one attached hydrogen (secondary N) is 2. The van der Waals surface area contributed by atoms with Crippen molar-refractivity contribution in [2.45, 2.75) is 65.9 Å². The molecule has 0 aromatic heterocycles. The van der Waals surface area contributed by atoms with Crippen LogP contribution in [-0.4, -0.2) is 18.7 Å². The highest BCUT2D eigenvalue weighted by Crippen LogP contribution is 2.68. The third kappa shape index (κ3) is 4.20. The van der Waals surface area contributed by atoms with Gasteiger partial charge in [0.05, 0.1) is 30.1 Å². The summed E-state index contributed by atoms with van der Waals surface area (Å²) in [4.78, 5) is 1.62. The zero-order valence-corrected chi connectivity index (χ0v) is 20.1. The number of hydrazine groups is 1. The number of allylic oxidation sites excluding steroid dienone is 3. The van der Waals surface area contributed by atoms with Gasteiger partial charge in [-0.3, -0.25) is 5.43 Å². The van der Waals surface area contributed by atoms with E-state index in [4.69, 9.17) is 16.3 Å². The van der Waals surface area contributed by atoms with Crippen molar-refractivity contribution in [1.82, 2.24) is 5.43 Å². The highest BCUT2D eigenvalue weighted by molar-refractivity contribution is 8.15. The number of para-hydroxylation sites is 1. The standard InChI is InChI=1S/C23H34N3OPS/c1-22(2,3)27-28(29)21-19(24-26(28)18-12-8-6-9-13-18)16-23(4,5)17-20(21)25-14-10-7-11-15-25/h6,8-9,12-13,16,24H,7,10-11,14-15,17H2,1-5H3/p+1/t28-/m1/s1. The van der Waals surface area contributed by atoms with Gasteiger partial charge in [0, 0.05) is 6.42 Å². The monoisotopic (exact) mass is 432 g/mol. The van der Waals surface area contributed by atoms with Gasteiger partial charge in [-0.25, -0.2) is 4.78 Å². The Morgan fingerprint density at radius 3 is 2.38 bits per heavy atom. The number of fused-ring (bicyclic) bond motifs is 1. The Kier molecular flexibility index (Phi) is 5.48. The molecule has 2 heterocycles. The topological polar surface area (TPSA) is 28.9 Å². The van der Waals surface area contributed by atoms with Crippen molar-refractivity contribution in [3.05, 3.63) is 53.1 Å². The molecule has 158 valence electrons. The van der Waals surface area contributed by atoms with Crippen LogP contribution in [0, 0.1) is 5.41 Å². The van der Waals surface area contributed by atoms with Gasteiger partial charge in [0.1, 0.15) is 11.0 Å². The van der Waals surface area contributed by atoms with Gasteiger partial charge in [0.25, 0.3) is 0 Å². The van der Waals surface area contributed by atoms with E-state index >= 15 is 0 Å². The lowest BCUT2D eigenvalue weighted by Crippen LogP contribution is -3.11. The number of rotatable bonds is 3. The average molecular weight is 433 g/mol. The van der Waals surface area contributed by atoms with Crippen LogP contribution in [0.4, 0.5) is 5.69 Å². The second-order valence-electron chi connectivity index (χ2n) is 10.2. The average Bonchev–Trinajstić information content (AvgIpc) is 2.91. The number of piperidine rings is 1. The summed E-state index contributed by atoms with van der Waals surface area (Å²) >= 11 is 6.48. The summed E-state index contributed by atoms with van der Waals surface area (Å²) in [5.74, 6) is 0. The Labute approximate surface area is 181 Å². The van der Waals surface area contributed by atoms with Crippen LogP contribution in [0.1, 0.15) is 60.3 Å². The molecule has 1 aromatic rings. The summed E-state index contributed by atoms with van der Waals surface area (Å²) in [6, 6.07) is 10.4. The van der Waals surface area contributed by atoms with Crippen molar-refractivity contribution in [3.8, 4) is 0 Å². The molecule has 0 spiro atoms. The summed E-state index contributed by atoms with van der Waals surface area (Å²) in [5.41, 5.74) is 7.23. The van der Waals surface area contributed by atoms with E-state index in [1.807, 2.05) is 6.07 Å². The minimum Gasteiger partial charge on any atom is -0.324 e. The van der Waals surface area contributed by atoms with Crippen molar-refractivity contribution in [2.75, 3.05) is 17.9 Å². The SMILES string of the molecule is CC1(C)C=C2NN(c3ccccc3)[P@@](=S)(OC(C)(C)C)C2=C([NH+]2CCCCC2)C1. The second kappa shape index (κ2) is 7.53. The van der Waals surface area contributed by atoms with Crippen molar-refractivity contribution in [1.29, 1.82) is 0 Å². The van der Waals surface area contributed by atoms with Gasteiger partial charge in [-0.1, -0.05) is 38.1 Å². The van der Waals surface area contributed by atoms with Crippen molar-refractivity contribution in [3.63, 3.8) is 0 Å². The molecule has 1 atom stereocenters. The Balaban J connectivity index is 1.90. The second-order valence-corrected chi connectivity index (χ2v) is 13.8. The van der Waals surface area contributed by atoms with Gasteiger partial charge in [-0.05, 0) is 69.4 Å². The molecule has 1 aliphatic carbocycles. The molecule has 0 unspecified atom stereocenters. The summed E-state index contributed by atoms with van der Waals surface area (Å²) in [6.45, 7) is 13.4. The van der Waals surface area contributed by atoms with Gasteiger partial charge in [0.2, 0.25) is 6.42 Å². The molecule has 0 bridgehead atoms. The number of anilines is 1. The number of hydrogen-bond acceptors (Lipinski definition) is 3. The zero-order chi connectivity index (χ0) is 20.9. The van der Waals surface area contributed by atoms with Crippen LogP contribution in [0.5, 0.6) is 0 Å². The van der Waals surface area contributed by atoms with Crippen LogP contribution >= 0.6 is 6.42 Å². The van der Waals surface area contributed by atoms with E-state index < -0.39 is 6.42 Å². The molecule has 1 aromatic carbocycles. The van der Waals surface area contributed by atoms with Crippen LogP contribution in [0.25, 0.3) is 0 Å². The fourth-order valence-corrected chi connectivity index (χ4v) is 9.21. The van der Waals surface area contributed by atoms with E-state index in [2.05, 4.69) is 75.2 Å². The van der Waals surface area contributed by atoms with Crippen molar-refractivity contribution in [2.24, 2.45) is 5.41 Å². The summed E-state index contributed by atoms with van der Waals surface area (Å²) < 4.78 is 8.96.